The fourth-order valence-corrected chi connectivity index (χ4v) is 1.49. The smallest absolute Gasteiger partial charge is 0.385 e. The molecule has 0 aliphatic rings. The molecule has 0 unspecified atom stereocenters. The number of nitrogens with one attached hydrogen (secondary N) is 2. The first-order valence-corrected chi connectivity index (χ1v) is 6.55. The minimum absolute atomic E-state index is 0.198. The van der Waals surface area contributed by atoms with Crippen LogP contribution < -0.4 is 10.6 Å². The van der Waals surface area contributed by atoms with Gasteiger partial charge in [-0.25, -0.2) is 0 Å². The number of carbonyl (C=O) groups is 2. The third-order valence-electron chi connectivity index (χ3n) is 2.51. The maximum absolute atomic E-state index is 11.9. The number of halogens is 3. The lowest BCUT2D eigenvalue weighted by Crippen LogP contribution is -2.35. The van der Waals surface area contributed by atoms with Crippen molar-refractivity contribution in [2.24, 2.45) is 5.16 Å². The quantitative estimate of drug-likeness (QED) is 0.618. The van der Waals surface area contributed by atoms with Crippen LogP contribution >= 0.6 is 0 Å². The molecule has 0 heterocycles. The van der Waals surface area contributed by atoms with Crippen molar-refractivity contribution in [3.05, 3.63) is 29.8 Å². The SMILES string of the molecule is CC(=O)Nc1ccc(/C(C)=N/OCC(=O)NCC(F)(F)F)cc1. The molecule has 126 valence electrons. The van der Waals surface area contributed by atoms with E-state index in [1.165, 1.54) is 6.92 Å². The monoisotopic (exact) mass is 331 g/mol. The molecule has 23 heavy (non-hydrogen) atoms. The van der Waals surface area contributed by atoms with Gasteiger partial charge in [0.2, 0.25) is 5.91 Å². The summed E-state index contributed by atoms with van der Waals surface area (Å²) < 4.78 is 35.7. The zero-order chi connectivity index (χ0) is 17.5. The highest BCUT2D eigenvalue weighted by atomic mass is 19.4. The second-order valence-corrected chi connectivity index (χ2v) is 4.60. The Hall–Kier alpha value is -2.58. The average molecular weight is 331 g/mol. The number of rotatable bonds is 6. The summed E-state index contributed by atoms with van der Waals surface area (Å²) in [5, 5.41) is 7.92. The predicted octanol–water partition coefficient (Wildman–Crippen LogP) is 2.06. The van der Waals surface area contributed by atoms with Gasteiger partial charge in [-0.1, -0.05) is 17.3 Å². The van der Waals surface area contributed by atoms with Crippen molar-refractivity contribution in [2.75, 3.05) is 18.5 Å². The zero-order valence-electron chi connectivity index (χ0n) is 12.5. The Labute approximate surface area is 130 Å². The Balaban J connectivity index is 2.47. The third-order valence-corrected chi connectivity index (χ3v) is 2.51. The molecule has 1 aromatic rings. The molecule has 1 rings (SSSR count). The van der Waals surface area contributed by atoms with Crippen LogP contribution in [0, 0.1) is 0 Å². The maximum Gasteiger partial charge on any atom is 0.405 e. The van der Waals surface area contributed by atoms with Crippen LogP contribution in [0.2, 0.25) is 0 Å². The second-order valence-electron chi connectivity index (χ2n) is 4.60. The Morgan fingerprint density at radius 3 is 2.30 bits per heavy atom. The van der Waals surface area contributed by atoms with E-state index in [1.54, 1.807) is 36.5 Å². The van der Waals surface area contributed by atoms with Gasteiger partial charge in [0.1, 0.15) is 6.54 Å². The fourth-order valence-electron chi connectivity index (χ4n) is 1.49. The minimum atomic E-state index is -4.47. The standard InChI is InChI=1S/C14H16F3N3O3/c1-9(11-3-5-12(6-4-11)19-10(2)21)20-23-7-13(22)18-8-14(15,16)17/h3-6H,7-8H2,1-2H3,(H,18,22)(H,19,21)/b20-9+. The van der Waals surface area contributed by atoms with E-state index < -0.39 is 25.2 Å². The predicted molar refractivity (Wildman–Crippen MR) is 78.0 cm³/mol. The molecule has 0 saturated carbocycles. The Kier molecular flexibility index (Phi) is 6.55. The summed E-state index contributed by atoms with van der Waals surface area (Å²) in [7, 11) is 0. The van der Waals surface area contributed by atoms with Crippen LogP contribution in [-0.2, 0) is 14.4 Å². The van der Waals surface area contributed by atoms with E-state index >= 15 is 0 Å². The van der Waals surface area contributed by atoms with E-state index in [2.05, 4.69) is 10.5 Å². The first kappa shape index (κ1) is 18.5. The molecule has 0 aromatic heterocycles. The lowest BCUT2D eigenvalue weighted by atomic mass is 10.1. The van der Waals surface area contributed by atoms with E-state index in [9.17, 15) is 22.8 Å². The molecule has 2 amide bonds. The molecule has 0 spiro atoms. The molecule has 0 aliphatic heterocycles. The lowest BCUT2D eigenvalue weighted by molar-refractivity contribution is -0.141. The average Bonchev–Trinajstić information content (AvgIpc) is 2.44. The van der Waals surface area contributed by atoms with Crippen molar-refractivity contribution in [2.45, 2.75) is 20.0 Å². The summed E-state index contributed by atoms with van der Waals surface area (Å²) in [6.45, 7) is 0.971. The van der Waals surface area contributed by atoms with Crippen LogP contribution in [0.15, 0.2) is 29.4 Å². The highest BCUT2D eigenvalue weighted by Gasteiger charge is 2.27. The number of nitrogens with zero attached hydrogens (tertiary/aromatic N) is 1. The molecule has 9 heteroatoms. The van der Waals surface area contributed by atoms with Crippen molar-refractivity contribution >= 4 is 23.2 Å². The molecule has 0 fully saturated rings. The van der Waals surface area contributed by atoms with Crippen molar-refractivity contribution in [1.29, 1.82) is 0 Å². The van der Waals surface area contributed by atoms with Crippen LogP contribution in [0.25, 0.3) is 0 Å². The summed E-state index contributed by atoms with van der Waals surface area (Å²) in [5.74, 6) is -1.11. The van der Waals surface area contributed by atoms with E-state index in [1.807, 2.05) is 0 Å². The molecule has 0 saturated heterocycles. The normalized spacial score (nSPS) is 11.8. The number of carbonyl (C=O) groups excluding carboxylic acids is 2. The van der Waals surface area contributed by atoms with E-state index in [0.717, 1.165) is 0 Å². The number of hydrogen-bond acceptors (Lipinski definition) is 4. The van der Waals surface area contributed by atoms with Gasteiger partial charge < -0.3 is 15.5 Å². The first-order chi connectivity index (χ1) is 10.7. The van der Waals surface area contributed by atoms with Gasteiger partial charge in [0.05, 0.1) is 5.71 Å². The molecule has 0 bridgehead atoms. The van der Waals surface area contributed by atoms with Crippen molar-refractivity contribution in [3.8, 4) is 0 Å². The largest absolute Gasteiger partial charge is 0.405 e. The Morgan fingerprint density at radius 2 is 1.78 bits per heavy atom. The first-order valence-electron chi connectivity index (χ1n) is 6.55. The maximum atomic E-state index is 11.9. The lowest BCUT2D eigenvalue weighted by Gasteiger charge is -2.08. The number of anilines is 1. The van der Waals surface area contributed by atoms with Crippen LogP contribution in [0.5, 0.6) is 0 Å². The van der Waals surface area contributed by atoms with Crippen molar-refractivity contribution in [3.63, 3.8) is 0 Å². The van der Waals surface area contributed by atoms with Gasteiger partial charge in [-0.15, -0.1) is 0 Å². The van der Waals surface area contributed by atoms with Crippen molar-refractivity contribution < 1.29 is 27.6 Å². The Morgan fingerprint density at radius 1 is 1.17 bits per heavy atom. The summed E-state index contributed by atoms with van der Waals surface area (Å²) in [4.78, 5) is 26.7. The molecular formula is C14H16F3N3O3. The highest BCUT2D eigenvalue weighted by molar-refractivity contribution is 5.99. The summed E-state index contributed by atoms with van der Waals surface area (Å²) in [5.41, 5.74) is 1.72. The molecule has 2 N–H and O–H groups in total. The van der Waals surface area contributed by atoms with Gasteiger partial charge in [-0.3, -0.25) is 9.59 Å². The number of hydrogen-bond donors (Lipinski definition) is 2. The number of alkyl halides is 3. The van der Waals surface area contributed by atoms with E-state index in [-0.39, 0.29) is 5.91 Å². The summed E-state index contributed by atoms with van der Waals surface area (Å²) >= 11 is 0. The third kappa shape index (κ3) is 7.84. The number of amides is 2. The minimum Gasteiger partial charge on any atom is -0.385 e. The van der Waals surface area contributed by atoms with Gasteiger partial charge in [0, 0.05) is 12.6 Å². The molecule has 1 aromatic carbocycles. The number of benzene rings is 1. The van der Waals surface area contributed by atoms with E-state index in [0.29, 0.717) is 17.0 Å². The molecule has 0 atom stereocenters. The van der Waals surface area contributed by atoms with Gasteiger partial charge in [-0.05, 0) is 24.6 Å². The van der Waals surface area contributed by atoms with Gasteiger partial charge >= 0.3 is 6.18 Å². The summed E-state index contributed by atoms with van der Waals surface area (Å²) in [6.07, 6.45) is -4.47. The zero-order valence-corrected chi connectivity index (χ0v) is 12.5. The van der Waals surface area contributed by atoms with Gasteiger partial charge in [0.15, 0.2) is 6.61 Å². The molecule has 0 radical (unpaired) electrons. The number of oxime groups is 1. The van der Waals surface area contributed by atoms with E-state index in [4.69, 9.17) is 4.84 Å². The van der Waals surface area contributed by atoms with Crippen LogP contribution in [0.4, 0.5) is 18.9 Å². The topological polar surface area (TPSA) is 79.8 Å². The highest BCUT2D eigenvalue weighted by Crippen LogP contribution is 2.12. The van der Waals surface area contributed by atoms with Gasteiger partial charge in [-0.2, -0.15) is 13.2 Å². The molecule has 0 aliphatic carbocycles. The van der Waals surface area contributed by atoms with Crippen LogP contribution in [-0.4, -0.2) is 36.9 Å². The van der Waals surface area contributed by atoms with Gasteiger partial charge in [0.25, 0.3) is 5.91 Å². The molecular weight excluding hydrogens is 315 g/mol. The van der Waals surface area contributed by atoms with Crippen molar-refractivity contribution in [1.82, 2.24) is 5.32 Å². The van der Waals surface area contributed by atoms with Crippen LogP contribution in [0.1, 0.15) is 19.4 Å². The fraction of sp³-hybridized carbons (Fsp3) is 0.357. The molecule has 6 nitrogen and oxygen atoms in total. The second kappa shape index (κ2) is 8.16. The van der Waals surface area contributed by atoms with Crippen LogP contribution in [0.3, 0.4) is 0 Å². The summed E-state index contributed by atoms with van der Waals surface area (Å²) in [6, 6.07) is 6.67. The Bertz CT molecular complexity index is 583.